The molecule has 2 aromatic carbocycles. The normalized spacial score (nSPS) is 10.9. The molecule has 4 rings (SSSR count). The highest BCUT2D eigenvalue weighted by molar-refractivity contribution is 5.76. The minimum Gasteiger partial charge on any atom is -0.494 e. The molecule has 8 nitrogen and oxygen atoms in total. The molecule has 1 amide bonds. The first kappa shape index (κ1) is 24.9. The van der Waals surface area contributed by atoms with Gasteiger partial charge in [-0.1, -0.05) is 43.3 Å². The SMILES string of the molecule is CCOc1ccc(Oc2cc(CNC(=O)CCc3nc(-c4ccc(C(C)C)cc4)no3)ccn2)cc1. The van der Waals surface area contributed by atoms with Gasteiger partial charge < -0.3 is 19.3 Å². The van der Waals surface area contributed by atoms with Crippen molar-refractivity contribution in [2.45, 2.75) is 46.1 Å². The molecule has 0 saturated heterocycles. The van der Waals surface area contributed by atoms with Gasteiger partial charge in [0.15, 0.2) is 0 Å². The summed E-state index contributed by atoms with van der Waals surface area (Å²) in [5.74, 6) is 3.20. The fourth-order valence-electron chi connectivity index (χ4n) is 3.51. The Morgan fingerprint density at radius 1 is 1.03 bits per heavy atom. The van der Waals surface area contributed by atoms with E-state index in [0.29, 0.717) is 48.8 Å². The molecule has 0 spiro atoms. The van der Waals surface area contributed by atoms with Gasteiger partial charge in [0.2, 0.25) is 23.5 Å². The summed E-state index contributed by atoms with van der Waals surface area (Å²) in [4.78, 5) is 21.0. The minimum atomic E-state index is -0.109. The van der Waals surface area contributed by atoms with Gasteiger partial charge in [0.05, 0.1) is 6.61 Å². The summed E-state index contributed by atoms with van der Waals surface area (Å²) in [5, 5.41) is 6.95. The standard InChI is InChI=1S/C28H30N4O4/c1-4-34-23-9-11-24(12-10-23)35-27-17-20(15-16-29-27)18-30-25(33)13-14-26-31-28(32-36-26)22-7-5-21(6-8-22)19(2)3/h5-12,15-17,19H,4,13-14,18H2,1-3H3,(H,30,33). The topological polar surface area (TPSA) is 99.4 Å². The van der Waals surface area contributed by atoms with Crippen molar-refractivity contribution in [3.05, 3.63) is 83.9 Å². The maximum Gasteiger partial charge on any atom is 0.227 e. The van der Waals surface area contributed by atoms with Gasteiger partial charge in [-0.3, -0.25) is 4.79 Å². The van der Waals surface area contributed by atoms with Crippen LogP contribution >= 0.6 is 0 Å². The van der Waals surface area contributed by atoms with Crippen LogP contribution in [0.5, 0.6) is 17.4 Å². The van der Waals surface area contributed by atoms with Crippen LogP contribution in [-0.2, 0) is 17.8 Å². The predicted molar refractivity (Wildman–Crippen MR) is 136 cm³/mol. The van der Waals surface area contributed by atoms with Gasteiger partial charge in [0, 0.05) is 37.2 Å². The van der Waals surface area contributed by atoms with E-state index >= 15 is 0 Å². The third kappa shape index (κ3) is 6.91. The number of aromatic nitrogens is 3. The number of ether oxygens (including phenoxy) is 2. The first-order chi connectivity index (χ1) is 17.5. The lowest BCUT2D eigenvalue weighted by molar-refractivity contribution is -0.121. The fraction of sp³-hybridized carbons (Fsp3) is 0.286. The van der Waals surface area contributed by atoms with Gasteiger partial charge in [-0.25, -0.2) is 4.98 Å². The van der Waals surface area contributed by atoms with Crippen molar-refractivity contribution in [3.8, 4) is 28.8 Å². The van der Waals surface area contributed by atoms with E-state index in [1.54, 1.807) is 12.3 Å². The van der Waals surface area contributed by atoms with E-state index in [1.807, 2.05) is 49.4 Å². The van der Waals surface area contributed by atoms with E-state index < -0.39 is 0 Å². The Bertz CT molecular complexity index is 1270. The number of carbonyl (C=O) groups excluding carboxylic acids is 1. The molecular formula is C28H30N4O4. The van der Waals surface area contributed by atoms with Gasteiger partial charge in [0.1, 0.15) is 11.5 Å². The molecule has 0 unspecified atom stereocenters. The third-order valence-corrected chi connectivity index (χ3v) is 5.52. The van der Waals surface area contributed by atoms with Crippen molar-refractivity contribution in [1.29, 1.82) is 0 Å². The largest absolute Gasteiger partial charge is 0.494 e. The molecule has 0 fully saturated rings. The summed E-state index contributed by atoms with van der Waals surface area (Å²) < 4.78 is 16.6. The summed E-state index contributed by atoms with van der Waals surface area (Å²) >= 11 is 0. The van der Waals surface area contributed by atoms with E-state index in [4.69, 9.17) is 14.0 Å². The van der Waals surface area contributed by atoms with Gasteiger partial charge in [0.25, 0.3) is 0 Å². The maximum absolute atomic E-state index is 12.4. The number of rotatable bonds is 11. The predicted octanol–water partition coefficient (Wildman–Crippen LogP) is 5.70. The van der Waals surface area contributed by atoms with Crippen molar-refractivity contribution >= 4 is 5.91 Å². The molecule has 8 heteroatoms. The van der Waals surface area contributed by atoms with Crippen LogP contribution in [0.15, 0.2) is 71.4 Å². The zero-order valence-corrected chi connectivity index (χ0v) is 20.7. The Hall–Kier alpha value is -4.20. The molecule has 0 atom stereocenters. The smallest absolute Gasteiger partial charge is 0.227 e. The molecule has 0 saturated carbocycles. The van der Waals surface area contributed by atoms with Gasteiger partial charge in [-0.2, -0.15) is 4.98 Å². The molecule has 0 bridgehead atoms. The summed E-state index contributed by atoms with van der Waals surface area (Å²) in [6.07, 6.45) is 2.26. The molecule has 186 valence electrons. The first-order valence-corrected chi connectivity index (χ1v) is 12.1. The lowest BCUT2D eigenvalue weighted by Crippen LogP contribution is -2.23. The number of hydrogen-bond acceptors (Lipinski definition) is 7. The molecular weight excluding hydrogens is 456 g/mol. The number of aryl methyl sites for hydroxylation is 1. The van der Waals surface area contributed by atoms with Crippen molar-refractivity contribution in [2.24, 2.45) is 0 Å². The summed E-state index contributed by atoms with van der Waals surface area (Å²) in [6, 6.07) is 19.1. The Kier molecular flexibility index (Phi) is 8.28. The first-order valence-electron chi connectivity index (χ1n) is 12.1. The highest BCUT2D eigenvalue weighted by Gasteiger charge is 2.11. The number of carbonyl (C=O) groups is 1. The van der Waals surface area contributed by atoms with E-state index in [1.165, 1.54) is 5.56 Å². The van der Waals surface area contributed by atoms with Crippen LogP contribution in [0.2, 0.25) is 0 Å². The van der Waals surface area contributed by atoms with E-state index in [-0.39, 0.29) is 12.3 Å². The molecule has 0 radical (unpaired) electrons. The minimum absolute atomic E-state index is 0.109. The van der Waals surface area contributed by atoms with Crippen molar-refractivity contribution in [3.63, 3.8) is 0 Å². The summed E-state index contributed by atoms with van der Waals surface area (Å²) in [5.41, 5.74) is 3.02. The number of hydrogen-bond donors (Lipinski definition) is 1. The number of amides is 1. The second kappa shape index (κ2) is 12.0. The van der Waals surface area contributed by atoms with Crippen molar-refractivity contribution in [1.82, 2.24) is 20.4 Å². The van der Waals surface area contributed by atoms with Crippen LogP contribution < -0.4 is 14.8 Å². The molecule has 2 heterocycles. The van der Waals surface area contributed by atoms with Crippen LogP contribution in [0.3, 0.4) is 0 Å². The van der Waals surface area contributed by atoms with Crippen LogP contribution in [0.4, 0.5) is 0 Å². The van der Waals surface area contributed by atoms with E-state index in [0.717, 1.165) is 16.9 Å². The Morgan fingerprint density at radius 2 is 1.78 bits per heavy atom. The second-order valence-corrected chi connectivity index (χ2v) is 8.57. The number of nitrogens with zero attached hydrogens (tertiary/aromatic N) is 3. The lowest BCUT2D eigenvalue weighted by atomic mass is 10.0. The quantitative estimate of drug-likeness (QED) is 0.290. The van der Waals surface area contributed by atoms with E-state index in [9.17, 15) is 4.79 Å². The molecule has 1 N–H and O–H groups in total. The monoisotopic (exact) mass is 486 g/mol. The number of nitrogens with one attached hydrogen (secondary N) is 1. The molecule has 4 aromatic rings. The van der Waals surface area contributed by atoms with Gasteiger partial charge >= 0.3 is 0 Å². The fourth-order valence-corrected chi connectivity index (χ4v) is 3.51. The van der Waals surface area contributed by atoms with Gasteiger partial charge in [-0.05, 0) is 54.3 Å². The highest BCUT2D eigenvalue weighted by atomic mass is 16.5. The molecule has 36 heavy (non-hydrogen) atoms. The van der Waals surface area contributed by atoms with Crippen LogP contribution in [0.1, 0.15) is 50.1 Å². The average Bonchev–Trinajstić information content (AvgIpc) is 3.37. The van der Waals surface area contributed by atoms with Crippen molar-refractivity contribution in [2.75, 3.05) is 6.61 Å². The average molecular weight is 487 g/mol. The summed E-state index contributed by atoms with van der Waals surface area (Å²) in [7, 11) is 0. The highest BCUT2D eigenvalue weighted by Crippen LogP contribution is 2.23. The molecule has 0 aliphatic carbocycles. The second-order valence-electron chi connectivity index (χ2n) is 8.57. The summed E-state index contributed by atoms with van der Waals surface area (Å²) in [6.45, 7) is 7.21. The Balaban J connectivity index is 1.25. The molecule has 0 aliphatic rings. The van der Waals surface area contributed by atoms with Gasteiger partial charge in [-0.15, -0.1) is 0 Å². The maximum atomic E-state index is 12.4. The third-order valence-electron chi connectivity index (χ3n) is 5.52. The zero-order valence-electron chi connectivity index (χ0n) is 20.7. The Labute approximate surface area is 210 Å². The van der Waals surface area contributed by atoms with Crippen LogP contribution in [-0.4, -0.2) is 27.6 Å². The molecule has 0 aliphatic heterocycles. The number of pyridine rings is 1. The molecule has 2 aromatic heterocycles. The Morgan fingerprint density at radius 3 is 2.50 bits per heavy atom. The van der Waals surface area contributed by atoms with Crippen LogP contribution in [0, 0.1) is 0 Å². The zero-order chi connectivity index (χ0) is 25.3. The van der Waals surface area contributed by atoms with Crippen LogP contribution in [0.25, 0.3) is 11.4 Å². The number of benzene rings is 2. The lowest BCUT2D eigenvalue weighted by Gasteiger charge is -2.09. The van der Waals surface area contributed by atoms with E-state index in [2.05, 4.69) is 46.4 Å². The van der Waals surface area contributed by atoms with Crippen molar-refractivity contribution < 1.29 is 18.8 Å².